The van der Waals surface area contributed by atoms with Crippen LogP contribution in [0.1, 0.15) is 35.8 Å². The number of hydrogen-bond acceptors (Lipinski definition) is 3. The summed E-state index contributed by atoms with van der Waals surface area (Å²) in [4.78, 5) is 0. The van der Waals surface area contributed by atoms with Crippen LogP contribution in [0.2, 0.25) is 0 Å². The maximum Gasteiger partial charge on any atom is 0.109 e. The number of hydrogen-bond donors (Lipinski definition) is 2. The summed E-state index contributed by atoms with van der Waals surface area (Å²) in [6, 6.07) is 9.71. The molecule has 0 aliphatic heterocycles. The van der Waals surface area contributed by atoms with Gasteiger partial charge in [0, 0.05) is 28.9 Å². The number of nitrogens with two attached hydrogens (primary N) is 1. The molecule has 1 heterocycles. The van der Waals surface area contributed by atoms with Crippen LogP contribution in [0.15, 0.2) is 45.5 Å². The van der Waals surface area contributed by atoms with E-state index in [0.29, 0.717) is 6.54 Å². The van der Waals surface area contributed by atoms with Gasteiger partial charge in [-0.15, -0.1) is 0 Å². The van der Waals surface area contributed by atoms with Gasteiger partial charge in [0.25, 0.3) is 0 Å². The van der Waals surface area contributed by atoms with Crippen molar-refractivity contribution in [3.05, 3.63) is 58.0 Å². The van der Waals surface area contributed by atoms with Crippen molar-refractivity contribution in [2.24, 2.45) is 5.73 Å². The van der Waals surface area contributed by atoms with Crippen molar-refractivity contribution in [2.45, 2.75) is 25.4 Å². The molecule has 0 saturated heterocycles. The predicted octanol–water partition coefficient (Wildman–Crippen LogP) is 3.38. The van der Waals surface area contributed by atoms with Crippen LogP contribution in [-0.4, -0.2) is 11.7 Å². The Hall–Kier alpha value is -1.10. The highest BCUT2D eigenvalue weighted by Crippen LogP contribution is 2.33. The minimum Gasteiger partial charge on any atom is -0.469 e. The molecule has 2 aromatic rings. The highest BCUT2D eigenvalue weighted by Gasteiger charge is 2.24. The largest absolute Gasteiger partial charge is 0.469 e. The molecule has 2 rings (SSSR count). The van der Waals surface area contributed by atoms with Gasteiger partial charge >= 0.3 is 0 Å². The van der Waals surface area contributed by atoms with Gasteiger partial charge in [-0.05, 0) is 23.8 Å². The fourth-order valence-electron chi connectivity index (χ4n) is 2.30. The third kappa shape index (κ3) is 3.08. The van der Waals surface area contributed by atoms with Crippen molar-refractivity contribution < 1.29 is 9.52 Å². The normalized spacial score (nSPS) is 14.3. The highest BCUT2D eigenvalue weighted by molar-refractivity contribution is 9.10. The first kappa shape index (κ1) is 14.3. The van der Waals surface area contributed by atoms with Crippen molar-refractivity contribution in [3.63, 3.8) is 0 Å². The van der Waals surface area contributed by atoms with E-state index in [1.54, 1.807) is 6.26 Å². The minimum atomic E-state index is -0.645. The van der Waals surface area contributed by atoms with E-state index in [4.69, 9.17) is 10.2 Å². The Labute approximate surface area is 121 Å². The van der Waals surface area contributed by atoms with E-state index in [2.05, 4.69) is 15.9 Å². The number of rotatable bonds is 5. The Bertz CT molecular complexity index is 538. The van der Waals surface area contributed by atoms with Crippen molar-refractivity contribution >= 4 is 15.9 Å². The summed E-state index contributed by atoms with van der Waals surface area (Å²) in [5, 5.41) is 10.6. The van der Waals surface area contributed by atoms with Crippen LogP contribution in [0.3, 0.4) is 0 Å². The summed E-state index contributed by atoms with van der Waals surface area (Å²) >= 11 is 3.44. The second-order valence-electron chi connectivity index (χ2n) is 4.49. The molecule has 2 unspecified atom stereocenters. The summed E-state index contributed by atoms with van der Waals surface area (Å²) in [6.45, 7) is 2.39. The van der Waals surface area contributed by atoms with Crippen LogP contribution in [0.4, 0.5) is 0 Å². The quantitative estimate of drug-likeness (QED) is 0.886. The van der Waals surface area contributed by atoms with Crippen molar-refractivity contribution in [1.82, 2.24) is 0 Å². The number of furan rings is 1. The molecule has 0 radical (unpaired) electrons. The molecular weight excluding hydrogens is 306 g/mol. The Kier molecular flexibility index (Phi) is 4.80. The molecule has 0 saturated carbocycles. The molecule has 0 amide bonds. The molecule has 3 nitrogen and oxygen atoms in total. The average molecular weight is 324 g/mol. The number of aliphatic hydroxyl groups excluding tert-OH is 1. The van der Waals surface area contributed by atoms with Crippen LogP contribution in [-0.2, 0) is 6.42 Å². The van der Waals surface area contributed by atoms with E-state index in [1.807, 2.05) is 37.3 Å². The van der Waals surface area contributed by atoms with Gasteiger partial charge in [0.05, 0.1) is 12.4 Å². The second kappa shape index (κ2) is 6.37. The maximum atomic E-state index is 10.6. The third-order valence-corrected chi connectivity index (χ3v) is 3.82. The zero-order valence-corrected chi connectivity index (χ0v) is 12.4. The molecular formula is C15H18BrNO2. The van der Waals surface area contributed by atoms with Gasteiger partial charge in [0.15, 0.2) is 0 Å². The lowest BCUT2D eigenvalue weighted by molar-refractivity contribution is 0.145. The van der Waals surface area contributed by atoms with Crippen LogP contribution in [0.25, 0.3) is 0 Å². The molecule has 102 valence electrons. The SMILES string of the molecule is CCc1occc1C(O)C(CN)c1cccc(Br)c1. The Balaban J connectivity index is 2.32. The van der Waals surface area contributed by atoms with Gasteiger partial charge in [-0.2, -0.15) is 0 Å². The van der Waals surface area contributed by atoms with Gasteiger partial charge in [-0.1, -0.05) is 35.0 Å². The molecule has 0 bridgehead atoms. The summed E-state index contributed by atoms with van der Waals surface area (Å²) in [7, 11) is 0. The Morgan fingerprint density at radius 2 is 2.16 bits per heavy atom. The molecule has 4 heteroatoms. The van der Waals surface area contributed by atoms with Gasteiger partial charge in [0.1, 0.15) is 5.76 Å². The van der Waals surface area contributed by atoms with Gasteiger partial charge in [-0.3, -0.25) is 0 Å². The zero-order valence-electron chi connectivity index (χ0n) is 10.8. The summed E-state index contributed by atoms with van der Waals surface area (Å²) < 4.78 is 6.36. The topological polar surface area (TPSA) is 59.4 Å². The lowest BCUT2D eigenvalue weighted by Crippen LogP contribution is -2.20. The predicted molar refractivity (Wildman–Crippen MR) is 79.0 cm³/mol. The minimum absolute atomic E-state index is 0.139. The molecule has 0 fully saturated rings. The first-order valence-electron chi connectivity index (χ1n) is 6.37. The smallest absolute Gasteiger partial charge is 0.109 e. The lowest BCUT2D eigenvalue weighted by atomic mass is 9.89. The summed E-state index contributed by atoms with van der Waals surface area (Å²) in [6.07, 6.45) is 1.73. The average Bonchev–Trinajstić information content (AvgIpc) is 2.87. The molecule has 2 atom stereocenters. The number of aliphatic hydroxyl groups is 1. The van der Waals surface area contributed by atoms with Crippen molar-refractivity contribution in [1.29, 1.82) is 0 Å². The molecule has 19 heavy (non-hydrogen) atoms. The number of benzene rings is 1. The molecule has 0 aliphatic carbocycles. The monoisotopic (exact) mass is 323 g/mol. The first-order valence-corrected chi connectivity index (χ1v) is 7.16. The van der Waals surface area contributed by atoms with Crippen LogP contribution < -0.4 is 5.73 Å². The Morgan fingerprint density at radius 1 is 1.37 bits per heavy atom. The molecule has 0 spiro atoms. The van der Waals surface area contributed by atoms with E-state index in [-0.39, 0.29) is 5.92 Å². The van der Waals surface area contributed by atoms with Gasteiger partial charge < -0.3 is 15.3 Å². The van der Waals surface area contributed by atoms with E-state index in [9.17, 15) is 5.11 Å². The third-order valence-electron chi connectivity index (χ3n) is 3.33. The lowest BCUT2D eigenvalue weighted by Gasteiger charge is -2.22. The van der Waals surface area contributed by atoms with Gasteiger partial charge in [-0.25, -0.2) is 0 Å². The summed E-state index contributed by atoms with van der Waals surface area (Å²) in [5.41, 5.74) is 7.70. The molecule has 3 N–H and O–H groups in total. The standard InChI is InChI=1S/C15H18BrNO2/c1-2-14-12(6-7-19-14)15(18)13(9-17)10-4-3-5-11(16)8-10/h3-8,13,15,18H,2,9,17H2,1H3. The maximum absolute atomic E-state index is 10.6. The fourth-order valence-corrected chi connectivity index (χ4v) is 2.72. The van der Waals surface area contributed by atoms with Crippen LogP contribution in [0, 0.1) is 0 Å². The fraction of sp³-hybridized carbons (Fsp3) is 0.333. The van der Waals surface area contributed by atoms with Crippen LogP contribution >= 0.6 is 15.9 Å². The number of halogens is 1. The van der Waals surface area contributed by atoms with Crippen molar-refractivity contribution in [2.75, 3.05) is 6.54 Å². The molecule has 1 aromatic carbocycles. The zero-order chi connectivity index (χ0) is 13.8. The highest BCUT2D eigenvalue weighted by atomic mass is 79.9. The second-order valence-corrected chi connectivity index (χ2v) is 5.41. The van der Waals surface area contributed by atoms with E-state index in [1.165, 1.54) is 0 Å². The van der Waals surface area contributed by atoms with Crippen molar-refractivity contribution in [3.8, 4) is 0 Å². The van der Waals surface area contributed by atoms with E-state index < -0.39 is 6.10 Å². The van der Waals surface area contributed by atoms with E-state index >= 15 is 0 Å². The number of aryl methyl sites for hydroxylation is 1. The Morgan fingerprint density at radius 3 is 2.79 bits per heavy atom. The molecule has 0 aliphatic rings. The van der Waals surface area contributed by atoms with Crippen LogP contribution in [0.5, 0.6) is 0 Å². The van der Waals surface area contributed by atoms with Gasteiger partial charge in [0.2, 0.25) is 0 Å². The van der Waals surface area contributed by atoms with E-state index in [0.717, 1.165) is 27.8 Å². The molecule has 1 aromatic heterocycles. The first-order chi connectivity index (χ1) is 9.17. The summed E-state index contributed by atoms with van der Waals surface area (Å²) in [5.74, 6) is 0.682.